The van der Waals surface area contributed by atoms with Gasteiger partial charge in [-0.25, -0.2) is 9.59 Å². The van der Waals surface area contributed by atoms with Crippen molar-refractivity contribution in [2.24, 2.45) is 23.3 Å². The first kappa shape index (κ1) is 63.9. The Hall–Kier alpha value is -7.27. The Morgan fingerprint density at radius 2 is 0.890 bits per heavy atom. The summed E-state index contributed by atoms with van der Waals surface area (Å²) in [6.45, 7) is 14.6. The molecule has 0 bridgehead atoms. The normalized spacial score (nSPS) is 21.3. The van der Waals surface area contributed by atoms with E-state index in [0.29, 0.717) is 36.8 Å². The van der Waals surface area contributed by atoms with Crippen molar-refractivity contribution in [1.82, 2.24) is 40.0 Å². The monoisotopic (exact) mass is 1140 g/mol. The molecule has 6 rings (SSSR count). The van der Waals surface area contributed by atoms with Crippen molar-refractivity contribution in [3.05, 3.63) is 71.8 Å². The third kappa shape index (κ3) is 15.0. The Labute approximate surface area is 480 Å². The number of rotatable bonds is 20. The summed E-state index contributed by atoms with van der Waals surface area (Å²) in [5, 5.41) is 15.1. The summed E-state index contributed by atoms with van der Waals surface area (Å²) < 4.78 is 5.38. The van der Waals surface area contributed by atoms with Crippen LogP contribution in [0.1, 0.15) is 125 Å². The third-order valence-electron chi connectivity index (χ3n) is 15.6. The van der Waals surface area contributed by atoms with Crippen molar-refractivity contribution in [3.63, 3.8) is 0 Å². The fourth-order valence-corrected chi connectivity index (χ4v) is 11.6. The molecule has 7 N–H and O–H groups in total. The Kier molecular flexibility index (Phi) is 21.6. The lowest BCUT2D eigenvalue weighted by atomic mass is 9.96. The van der Waals surface area contributed by atoms with Gasteiger partial charge in [-0.05, 0) is 122 Å². The van der Waals surface area contributed by atoms with E-state index in [-0.39, 0.29) is 64.7 Å². The Morgan fingerprint density at radius 3 is 1.27 bits per heavy atom. The van der Waals surface area contributed by atoms with Crippen LogP contribution in [0.25, 0.3) is 0 Å². The molecule has 10 atom stereocenters. The van der Waals surface area contributed by atoms with E-state index in [1.807, 2.05) is 0 Å². The van der Waals surface area contributed by atoms with E-state index in [1.54, 1.807) is 109 Å². The molecular formula is C59H84N10O13. The summed E-state index contributed by atoms with van der Waals surface area (Å²) in [5.74, 6) is -9.63. The molecule has 448 valence electrons. The molecule has 2 aromatic carbocycles. The first-order chi connectivity index (χ1) is 38.6. The Bertz CT molecular complexity index is 2680. The minimum atomic E-state index is -1.51. The number of nitrogens with one attached hydrogen (secondary N) is 2. The molecule has 0 aliphatic carbocycles. The van der Waals surface area contributed by atoms with Gasteiger partial charge in [-0.1, -0.05) is 88.4 Å². The van der Waals surface area contributed by atoms with Crippen LogP contribution in [0.4, 0.5) is 4.79 Å². The number of carbonyl (C=O) groups excluding carboxylic acids is 10. The molecule has 10 amide bonds. The number of carboxylic acid groups (broad SMARTS) is 1. The predicted molar refractivity (Wildman–Crippen MR) is 300 cm³/mol. The number of carboxylic acids is 1. The van der Waals surface area contributed by atoms with Crippen LogP contribution in [-0.2, 0) is 65.5 Å². The maximum Gasteiger partial charge on any atom is 0.408 e. The second-order valence-electron chi connectivity index (χ2n) is 23.8. The van der Waals surface area contributed by atoms with E-state index in [1.165, 1.54) is 33.4 Å². The number of carbonyl (C=O) groups is 11. The quantitative estimate of drug-likeness (QED) is 0.127. The number of alkyl carbamates (subject to hydrolysis) is 1. The number of aliphatic carboxylic acids is 1. The van der Waals surface area contributed by atoms with Crippen LogP contribution in [0.3, 0.4) is 0 Å². The van der Waals surface area contributed by atoms with Crippen molar-refractivity contribution in [3.8, 4) is 0 Å². The number of amides is 10. The highest BCUT2D eigenvalue weighted by Crippen LogP contribution is 2.31. The first-order valence-corrected chi connectivity index (χ1v) is 28.7. The standard InChI is InChI=1S/C59H84N10O13/c1-34(2)46(55(77)66-30-18-26-44(66)54(76)67-31-19-27-45(67)57(79)80)68(51(73)40(60)32-38-20-12-10-13-21-38)49(71)36(5)62-48(70)42-24-16-28-64(42)53(75)43-25-17-29-65(43)56(78)47(35(3)4)69(50(72)37(6)63-58(81)82-59(7,8)9)52(74)41(61)33-39-22-14-11-15-23-39/h10-15,20-23,34-37,40-47H,16-19,24-33,60-61H2,1-9H3,(H,62,70)(H,63,81)(H,79,80)/t36-,37-,40-,41-,42-,43-,44-,45-,46-,47-/m0/s1. The highest BCUT2D eigenvalue weighted by Gasteiger charge is 2.51. The fraction of sp³-hybridized carbons (Fsp3) is 0.610. The summed E-state index contributed by atoms with van der Waals surface area (Å²) in [6, 6.07) is 4.76. The van der Waals surface area contributed by atoms with Gasteiger partial charge >= 0.3 is 12.1 Å². The van der Waals surface area contributed by atoms with Crippen LogP contribution in [0.2, 0.25) is 0 Å². The van der Waals surface area contributed by atoms with Crippen molar-refractivity contribution >= 4 is 65.2 Å². The van der Waals surface area contributed by atoms with Gasteiger partial charge in [0.1, 0.15) is 53.9 Å². The minimum absolute atomic E-state index is 0.00833. The zero-order valence-electron chi connectivity index (χ0n) is 48.8. The zero-order chi connectivity index (χ0) is 60.5. The summed E-state index contributed by atoms with van der Waals surface area (Å²) in [4.78, 5) is 164. The average molecular weight is 1140 g/mol. The zero-order valence-corrected chi connectivity index (χ0v) is 48.8. The largest absolute Gasteiger partial charge is 0.480 e. The molecule has 23 heteroatoms. The lowest BCUT2D eigenvalue weighted by molar-refractivity contribution is -0.161. The minimum Gasteiger partial charge on any atom is -0.480 e. The van der Waals surface area contributed by atoms with Crippen LogP contribution in [0, 0.1) is 11.8 Å². The van der Waals surface area contributed by atoms with Crippen molar-refractivity contribution in [1.29, 1.82) is 0 Å². The topological polar surface area (TPSA) is 313 Å². The molecule has 0 saturated carbocycles. The number of likely N-dealkylation sites (tertiary alicyclic amines) is 4. The number of nitrogens with zero attached hydrogens (tertiary/aromatic N) is 6. The number of imide groups is 2. The van der Waals surface area contributed by atoms with Crippen molar-refractivity contribution in [2.75, 3.05) is 26.2 Å². The summed E-state index contributed by atoms with van der Waals surface area (Å²) in [6.07, 6.45) is 1.48. The number of benzene rings is 2. The number of hydrogen-bond acceptors (Lipinski definition) is 14. The lowest BCUT2D eigenvalue weighted by Gasteiger charge is -2.39. The van der Waals surface area contributed by atoms with Gasteiger partial charge in [0.05, 0.1) is 12.1 Å². The van der Waals surface area contributed by atoms with E-state index in [2.05, 4.69) is 10.6 Å². The maximum absolute atomic E-state index is 15.1. The van der Waals surface area contributed by atoms with Gasteiger partial charge in [-0.2, -0.15) is 0 Å². The number of nitrogens with two attached hydrogens (primary N) is 2. The number of ether oxygens (including phenoxy) is 1. The molecule has 82 heavy (non-hydrogen) atoms. The van der Waals surface area contributed by atoms with E-state index < -0.39 is 143 Å². The van der Waals surface area contributed by atoms with E-state index in [4.69, 9.17) is 16.2 Å². The molecule has 4 fully saturated rings. The van der Waals surface area contributed by atoms with Gasteiger partial charge < -0.3 is 51.5 Å². The molecule has 0 aromatic heterocycles. The van der Waals surface area contributed by atoms with Gasteiger partial charge in [0.25, 0.3) is 11.8 Å². The molecule has 4 aliphatic rings. The van der Waals surface area contributed by atoms with Gasteiger partial charge in [0, 0.05) is 26.2 Å². The van der Waals surface area contributed by atoms with Crippen LogP contribution >= 0.6 is 0 Å². The summed E-state index contributed by atoms with van der Waals surface area (Å²) >= 11 is 0. The first-order valence-electron chi connectivity index (χ1n) is 28.7. The van der Waals surface area contributed by atoms with Crippen LogP contribution in [0.5, 0.6) is 0 Å². The predicted octanol–water partition coefficient (Wildman–Crippen LogP) is 2.35. The molecular weight excluding hydrogens is 1060 g/mol. The highest BCUT2D eigenvalue weighted by molar-refractivity contribution is 6.07. The van der Waals surface area contributed by atoms with E-state index in [0.717, 1.165) is 9.80 Å². The Morgan fingerprint density at radius 1 is 0.537 bits per heavy atom. The summed E-state index contributed by atoms with van der Waals surface area (Å²) in [5.41, 5.74) is 13.6. The maximum atomic E-state index is 15.1. The molecule has 4 aliphatic heterocycles. The summed E-state index contributed by atoms with van der Waals surface area (Å²) in [7, 11) is 0. The second kappa shape index (κ2) is 27.7. The third-order valence-corrected chi connectivity index (χ3v) is 15.6. The molecule has 0 spiro atoms. The van der Waals surface area contributed by atoms with Crippen LogP contribution < -0.4 is 22.1 Å². The highest BCUT2D eigenvalue weighted by atomic mass is 16.6. The van der Waals surface area contributed by atoms with Gasteiger partial charge in [0.2, 0.25) is 41.4 Å². The Balaban J connectivity index is 1.24. The van der Waals surface area contributed by atoms with Crippen molar-refractivity contribution in [2.45, 2.75) is 193 Å². The SMILES string of the molecule is CC(C)[C@@H](C(=O)N1CCC[C@H]1C(=O)N1CCC[C@H]1C(=O)O)N(C(=O)[C@H](C)NC(=O)[C@@H]1CCCN1C(=O)[C@@H]1CCCN1C(=O)[C@H](C(C)C)N(C(=O)[C@H](C)NC(=O)OC(C)(C)C)C(=O)[C@@H](N)Cc1ccccc1)C(=O)[C@@H](N)Cc1ccccc1. The lowest BCUT2D eigenvalue weighted by Crippen LogP contribution is -2.64. The molecule has 0 unspecified atom stereocenters. The van der Waals surface area contributed by atoms with Crippen LogP contribution in [-0.4, -0.2) is 192 Å². The van der Waals surface area contributed by atoms with E-state index in [9.17, 15) is 48.3 Å². The fourth-order valence-electron chi connectivity index (χ4n) is 11.6. The van der Waals surface area contributed by atoms with Gasteiger partial charge in [-0.15, -0.1) is 0 Å². The molecule has 0 radical (unpaired) electrons. The number of hydrogen-bond donors (Lipinski definition) is 5. The van der Waals surface area contributed by atoms with E-state index >= 15 is 9.59 Å². The smallest absolute Gasteiger partial charge is 0.408 e. The van der Waals surface area contributed by atoms with Gasteiger partial charge in [-0.3, -0.25) is 53.0 Å². The molecule has 2 aromatic rings. The molecule has 4 heterocycles. The molecule has 4 saturated heterocycles. The van der Waals surface area contributed by atoms with Crippen molar-refractivity contribution < 1.29 is 62.6 Å². The molecule has 23 nitrogen and oxygen atoms in total. The average Bonchev–Trinajstić information content (AvgIpc) is 4.44. The van der Waals surface area contributed by atoms with Gasteiger partial charge in [0.15, 0.2) is 0 Å². The van der Waals surface area contributed by atoms with Crippen LogP contribution in [0.15, 0.2) is 60.7 Å². The second-order valence-corrected chi connectivity index (χ2v) is 23.8.